The molecule has 0 aliphatic carbocycles. The summed E-state index contributed by atoms with van der Waals surface area (Å²) < 4.78 is 0. The van der Waals surface area contributed by atoms with Crippen molar-refractivity contribution in [2.75, 3.05) is 26.7 Å². The first-order valence-corrected chi connectivity index (χ1v) is 7.90. The van der Waals surface area contributed by atoms with E-state index in [9.17, 15) is 4.79 Å². The number of nitrogens with one attached hydrogen (secondary N) is 1. The van der Waals surface area contributed by atoms with E-state index in [2.05, 4.69) is 34.8 Å². The van der Waals surface area contributed by atoms with Crippen LogP contribution in [0, 0.1) is 0 Å². The molecule has 2 fully saturated rings. The molecule has 2 unspecified atom stereocenters. The number of amides is 1. The zero-order valence-corrected chi connectivity index (χ0v) is 12.2. The molecular formula is C14H21N3OS. The monoisotopic (exact) mass is 279 g/mol. The third kappa shape index (κ3) is 2.68. The van der Waals surface area contributed by atoms with E-state index >= 15 is 0 Å². The van der Waals surface area contributed by atoms with Gasteiger partial charge in [-0.1, -0.05) is 12.5 Å². The molecule has 4 nitrogen and oxygen atoms in total. The Morgan fingerprint density at radius 2 is 2.37 bits per heavy atom. The molecule has 1 amide bonds. The van der Waals surface area contributed by atoms with Gasteiger partial charge in [0.05, 0.1) is 6.54 Å². The summed E-state index contributed by atoms with van der Waals surface area (Å²) in [6.45, 7) is 2.48. The van der Waals surface area contributed by atoms with E-state index in [4.69, 9.17) is 0 Å². The number of rotatable bonds is 3. The average molecular weight is 279 g/mol. The second-order valence-electron chi connectivity index (χ2n) is 5.48. The number of carbonyl (C=O) groups is 1. The highest BCUT2D eigenvalue weighted by molar-refractivity contribution is 7.10. The first-order chi connectivity index (χ1) is 9.25. The molecule has 1 aromatic heterocycles. The van der Waals surface area contributed by atoms with Gasteiger partial charge in [-0.15, -0.1) is 11.3 Å². The Bertz CT molecular complexity index is 434. The maximum absolute atomic E-state index is 12.1. The van der Waals surface area contributed by atoms with E-state index in [1.54, 1.807) is 11.3 Å². The average Bonchev–Trinajstić information content (AvgIpc) is 3.03. The van der Waals surface area contributed by atoms with Gasteiger partial charge in [0.15, 0.2) is 0 Å². The number of thiophene rings is 1. The number of likely N-dealkylation sites (tertiary alicyclic amines) is 1. The highest BCUT2D eigenvalue weighted by atomic mass is 32.1. The second kappa shape index (κ2) is 5.61. The fraction of sp³-hybridized carbons (Fsp3) is 0.643. The molecular weight excluding hydrogens is 258 g/mol. The molecule has 2 atom stereocenters. The van der Waals surface area contributed by atoms with Crippen LogP contribution >= 0.6 is 11.3 Å². The van der Waals surface area contributed by atoms with Gasteiger partial charge in [0.1, 0.15) is 6.17 Å². The molecule has 1 N–H and O–H groups in total. The molecule has 2 saturated heterocycles. The van der Waals surface area contributed by atoms with Crippen molar-refractivity contribution in [1.29, 1.82) is 0 Å². The summed E-state index contributed by atoms with van der Waals surface area (Å²) in [7, 11) is 2.18. The fourth-order valence-corrected chi connectivity index (χ4v) is 3.86. The SMILES string of the molecule is CN1CCCCC1CN1C(=O)CNC1c1cccs1. The quantitative estimate of drug-likeness (QED) is 0.914. The van der Waals surface area contributed by atoms with Gasteiger partial charge in [-0.3, -0.25) is 10.1 Å². The van der Waals surface area contributed by atoms with Crippen LogP contribution in [-0.2, 0) is 4.79 Å². The molecule has 0 radical (unpaired) electrons. The van der Waals surface area contributed by atoms with Crippen LogP contribution < -0.4 is 5.32 Å². The minimum absolute atomic E-state index is 0.0860. The molecule has 2 aliphatic heterocycles. The summed E-state index contributed by atoms with van der Waals surface area (Å²) in [5.41, 5.74) is 0. The number of hydrogen-bond donors (Lipinski definition) is 1. The Balaban J connectivity index is 1.72. The van der Waals surface area contributed by atoms with Gasteiger partial charge in [-0.05, 0) is 37.9 Å². The number of likely N-dealkylation sites (N-methyl/N-ethyl adjacent to an activating group) is 1. The van der Waals surface area contributed by atoms with Gasteiger partial charge in [0, 0.05) is 17.5 Å². The first kappa shape index (κ1) is 13.1. The van der Waals surface area contributed by atoms with Gasteiger partial charge in [0.2, 0.25) is 5.91 Å². The lowest BCUT2D eigenvalue weighted by molar-refractivity contribution is -0.129. The molecule has 3 rings (SSSR count). The highest BCUT2D eigenvalue weighted by Crippen LogP contribution is 2.28. The Hall–Kier alpha value is -0.910. The maximum Gasteiger partial charge on any atom is 0.238 e. The number of carbonyl (C=O) groups excluding carboxylic acids is 1. The molecule has 19 heavy (non-hydrogen) atoms. The molecule has 0 aromatic carbocycles. The topological polar surface area (TPSA) is 35.6 Å². The predicted octanol–water partition coefficient (Wildman–Crippen LogP) is 1.66. The van der Waals surface area contributed by atoms with Crippen LogP contribution in [0.5, 0.6) is 0 Å². The summed E-state index contributed by atoms with van der Waals surface area (Å²) in [5, 5.41) is 5.41. The summed E-state index contributed by atoms with van der Waals surface area (Å²) in [6.07, 6.45) is 3.86. The van der Waals surface area contributed by atoms with Crippen molar-refractivity contribution in [1.82, 2.24) is 15.1 Å². The van der Waals surface area contributed by atoms with Crippen LogP contribution in [0.4, 0.5) is 0 Å². The molecule has 2 aliphatic rings. The van der Waals surface area contributed by atoms with Crippen LogP contribution in [0.1, 0.15) is 30.3 Å². The molecule has 0 spiro atoms. The molecule has 0 saturated carbocycles. The zero-order chi connectivity index (χ0) is 13.2. The van der Waals surface area contributed by atoms with Crippen molar-refractivity contribution in [2.24, 2.45) is 0 Å². The summed E-state index contributed by atoms with van der Waals surface area (Å²) in [6, 6.07) is 4.67. The largest absolute Gasteiger partial charge is 0.319 e. The van der Waals surface area contributed by atoms with Crippen molar-refractivity contribution in [3.8, 4) is 0 Å². The zero-order valence-electron chi connectivity index (χ0n) is 11.3. The Morgan fingerprint density at radius 3 is 3.11 bits per heavy atom. The second-order valence-corrected chi connectivity index (χ2v) is 6.45. The third-order valence-electron chi connectivity index (χ3n) is 4.22. The Labute approximate surface area is 118 Å². The lowest BCUT2D eigenvalue weighted by atomic mass is 10.0. The van der Waals surface area contributed by atoms with Crippen LogP contribution in [0.2, 0.25) is 0 Å². The predicted molar refractivity (Wildman–Crippen MR) is 77.0 cm³/mol. The van der Waals surface area contributed by atoms with Gasteiger partial charge >= 0.3 is 0 Å². The fourth-order valence-electron chi connectivity index (χ4n) is 3.05. The van der Waals surface area contributed by atoms with E-state index in [-0.39, 0.29) is 12.1 Å². The van der Waals surface area contributed by atoms with Crippen molar-refractivity contribution < 1.29 is 4.79 Å². The lowest BCUT2D eigenvalue weighted by Crippen LogP contribution is -2.46. The van der Waals surface area contributed by atoms with Crippen LogP contribution in [0.25, 0.3) is 0 Å². The number of hydrogen-bond acceptors (Lipinski definition) is 4. The van der Waals surface area contributed by atoms with Crippen molar-refractivity contribution in [2.45, 2.75) is 31.5 Å². The van der Waals surface area contributed by atoms with Crippen molar-refractivity contribution >= 4 is 17.2 Å². The smallest absolute Gasteiger partial charge is 0.238 e. The normalized spacial score (nSPS) is 29.1. The van der Waals surface area contributed by atoms with E-state index < -0.39 is 0 Å². The maximum atomic E-state index is 12.1. The number of piperidine rings is 1. The van der Waals surface area contributed by atoms with E-state index in [0.29, 0.717) is 12.6 Å². The molecule has 1 aromatic rings. The van der Waals surface area contributed by atoms with E-state index in [0.717, 1.165) is 13.1 Å². The Kier molecular flexibility index (Phi) is 3.86. The molecule has 3 heterocycles. The van der Waals surface area contributed by atoms with Crippen molar-refractivity contribution in [3.63, 3.8) is 0 Å². The van der Waals surface area contributed by atoms with E-state index in [1.165, 1.54) is 24.1 Å². The van der Waals surface area contributed by atoms with Crippen LogP contribution in [-0.4, -0.2) is 48.4 Å². The van der Waals surface area contributed by atoms with Crippen LogP contribution in [0.15, 0.2) is 17.5 Å². The molecule has 0 bridgehead atoms. The van der Waals surface area contributed by atoms with Gasteiger partial charge < -0.3 is 9.80 Å². The number of nitrogens with zero attached hydrogens (tertiary/aromatic N) is 2. The minimum Gasteiger partial charge on any atom is -0.319 e. The Morgan fingerprint density at radius 1 is 1.47 bits per heavy atom. The van der Waals surface area contributed by atoms with E-state index in [1.807, 2.05) is 4.90 Å². The van der Waals surface area contributed by atoms with Crippen molar-refractivity contribution in [3.05, 3.63) is 22.4 Å². The molecule has 104 valence electrons. The standard InChI is InChI=1S/C14H21N3OS/c1-16-7-3-2-5-11(16)10-17-13(18)9-15-14(17)12-6-4-8-19-12/h4,6,8,11,14-15H,2-3,5,7,9-10H2,1H3. The summed E-state index contributed by atoms with van der Waals surface area (Å²) >= 11 is 1.72. The summed E-state index contributed by atoms with van der Waals surface area (Å²) in [5.74, 6) is 0.234. The van der Waals surface area contributed by atoms with Gasteiger partial charge in [0.25, 0.3) is 0 Å². The third-order valence-corrected chi connectivity index (χ3v) is 5.15. The highest BCUT2D eigenvalue weighted by Gasteiger charge is 2.34. The first-order valence-electron chi connectivity index (χ1n) is 7.02. The van der Waals surface area contributed by atoms with Gasteiger partial charge in [-0.25, -0.2) is 0 Å². The molecule has 5 heteroatoms. The minimum atomic E-state index is 0.0860. The van der Waals surface area contributed by atoms with Gasteiger partial charge in [-0.2, -0.15) is 0 Å². The lowest BCUT2D eigenvalue weighted by Gasteiger charge is -2.36. The van der Waals surface area contributed by atoms with Crippen LogP contribution in [0.3, 0.4) is 0 Å². The summed E-state index contributed by atoms with van der Waals surface area (Å²) in [4.78, 5) is 17.8.